The molecule has 0 aliphatic heterocycles. The lowest BCUT2D eigenvalue weighted by Gasteiger charge is -2.05. The predicted molar refractivity (Wildman–Crippen MR) is 91.7 cm³/mol. The van der Waals surface area contributed by atoms with Crippen molar-refractivity contribution in [1.29, 1.82) is 0 Å². The van der Waals surface area contributed by atoms with Crippen molar-refractivity contribution < 1.29 is 0 Å². The van der Waals surface area contributed by atoms with Crippen LogP contribution < -0.4 is 0 Å². The van der Waals surface area contributed by atoms with Crippen LogP contribution in [0.15, 0.2) is 0 Å². The van der Waals surface area contributed by atoms with Crippen molar-refractivity contribution in [1.82, 2.24) is 0 Å². The van der Waals surface area contributed by atoms with Crippen LogP contribution in [-0.2, 0) is 0 Å². The molecule has 0 atom stereocenters. The average Bonchev–Trinajstić information content (AvgIpc) is 2.46. The van der Waals surface area contributed by atoms with Gasteiger partial charge in [0.1, 0.15) is 0 Å². The van der Waals surface area contributed by atoms with E-state index in [0.29, 0.717) is 0 Å². The zero-order chi connectivity index (χ0) is 14.1. The minimum Gasteiger partial charge on any atom is -0.0533 e. The summed E-state index contributed by atoms with van der Waals surface area (Å²) in [6, 6.07) is 0. The lowest BCUT2D eigenvalue weighted by molar-refractivity contribution is 0.545. The predicted octanol–water partition coefficient (Wildman–Crippen LogP) is 7.43. The maximum atomic E-state index is 2.55. The van der Waals surface area contributed by atoms with Gasteiger partial charge in [-0.3, -0.25) is 0 Å². The Morgan fingerprint density at radius 1 is 0.250 bits per heavy atom. The highest BCUT2D eigenvalue weighted by Gasteiger charge is 1.97. The van der Waals surface area contributed by atoms with Crippen molar-refractivity contribution in [2.75, 3.05) is 0 Å². The van der Waals surface area contributed by atoms with Gasteiger partial charge in [-0.2, -0.15) is 0 Å². The Bertz CT molecular complexity index is 86.4. The molecular formula is C20H38. The summed E-state index contributed by atoms with van der Waals surface area (Å²) >= 11 is 0. The maximum absolute atomic E-state index is 2.55. The van der Waals surface area contributed by atoms with Crippen molar-refractivity contribution in [3.05, 3.63) is 12.8 Å². The molecule has 1 aliphatic carbocycles. The SMILES string of the molecule is [CH]1CCCCCCC[CH]CCCCCCCCCCC1. The van der Waals surface area contributed by atoms with Crippen LogP contribution in [0.5, 0.6) is 0 Å². The van der Waals surface area contributed by atoms with Gasteiger partial charge < -0.3 is 0 Å². The molecule has 1 rings (SSSR count). The summed E-state index contributed by atoms with van der Waals surface area (Å²) in [5, 5.41) is 0. The van der Waals surface area contributed by atoms with Crippen LogP contribution in [0.25, 0.3) is 0 Å². The standard InChI is InChI=1S/C20H38/c1-2-4-6-8-10-12-14-16-18-20-19-17-15-13-11-9-7-5-3-1/h1,16H,2-15,17-20H2. The van der Waals surface area contributed by atoms with Crippen LogP contribution in [0.1, 0.15) is 116 Å². The first-order valence-corrected chi connectivity index (χ1v) is 9.63. The van der Waals surface area contributed by atoms with Crippen molar-refractivity contribution in [3.63, 3.8) is 0 Å². The third kappa shape index (κ3) is 13.0. The van der Waals surface area contributed by atoms with Gasteiger partial charge in [0.25, 0.3) is 0 Å². The van der Waals surface area contributed by atoms with Gasteiger partial charge in [0.05, 0.1) is 0 Å². The number of hydrogen-bond donors (Lipinski definition) is 0. The molecule has 1 aliphatic rings. The fourth-order valence-electron chi connectivity index (χ4n) is 3.21. The monoisotopic (exact) mass is 278 g/mol. The molecule has 0 aromatic carbocycles. The molecule has 0 unspecified atom stereocenters. The summed E-state index contributed by atoms with van der Waals surface area (Å²) < 4.78 is 0. The summed E-state index contributed by atoms with van der Waals surface area (Å²) in [5.74, 6) is 0. The average molecular weight is 279 g/mol. The first-order valence-electron chi connectivity index (χ1n) is 9.63. The van der Waals surface area contributed by atoms with Crippen molar-refractivity contribution in [2.45, 2.75) is 116 Å². The minimum absolute atomic E-state index is 1.37. The van der Waals surface area contributed by atoms with E-state index in [1.54, 1.807) is 0 Å². The quantitative estimate of drug-likeness (QED) is 0.432. The van der Waals surface area contributed by atoms with Gasteiger partial charge in [-0.05, 0) is 12.8 Å². The highest BCUT2D eigenvalue weighted by molar-refractivity contribution is 4.66. The molecule has 20 heavy (non-hydrogen) atoms. The molecular weight excluding hydrogens is 240 g/mol. The lowest BCUT2D eigenvalue weighted by atomic mass is 10.0. The van der Waals surface area contributed by atoms with E-state index in [0.717, 1.165) is 0 Å². The van der Waals surface area contributed by atoms with Gasteiger partial charge in [0.2, 0.25) is 0 Å². The summed E-state index contributed by atoms with van der Waals surface area (Å²) in [5.41, 5.74) is 0. The molecule has 0 aromatic rings. The Morgan fingerprint density at radius 3 is 0.700 bits per heavy atom. The van der Waals surface area contributed by atoms with Crippen LogP contribution in [-0.4, -0.2) is 0 Å². The fourth-order valence-corrected chi connectivity index (χ4v) is 3.21. The van der Waals surface area contributed by atoms with E-state index in [2.05, 4.69) is 12.8 Å². The molecule has 0 heterocycles. The van der Waals surface area contributed by atoms with E-state index < -0.39 is 0 Å². The van der Waals surface area contributed by atoms with Gasteiger partial charge >= 0.3 is 0 Å². The molecule has 0 saturated heterocycles. The van der Waals surface area contributed by atoms with Crippen LogP contribution in [0.4, 0.5) is 0 Å². The Kier molecular flexibility index (Phi) is 13.9. The molecule has 0 amide bonds. The second kappa shape index (κ2) is 15.4. The molecule has 0 nitrogen and oxygen atoms in total. The highest BCUT2D eigenvalue weighted by Crippen LogP contribution is 2.16. The minimum atomic E-state index is 1.37. The summed E-state index contributed by atoms with van der Waals surface area (Å²) in [6.45, 7) is 0. The van der Waals surface area contributed by atoms with Crippen molar-refractivity contribution in [3.8, 4) is 0 Å². The van der Waals surface area contributed by atoms with E-state index in [9.17, 15) is 0 Å². The van der Waals surface area contributed by atoms with Crippen molar-refractivity contribution >= 4 is 0 Å². The molecule has 0 bridgehead atoms. The first-order chi connectivity index (χ1) is 10.0. The summed E-state index contributed by atoms with van der Waals surface area (Å²) in [4.78, 5) is 0. The van der Waals surface area contributed by atoms with Gasteiger partial charge in [0, 0.05) is 0 Å². The zero-order valence-corrected chi connectivity index (χ0v) is 13.9. The largest absolute Gasteiger partial charge is 0.0533 e. The molecule has 0 aromatic heterocycles. The molecule has 0 spiro atoms. The molecule has 0 N–H and O–H groups in total. The smallest absolute Gasteiger partial charge is 0.0386 e. The van der Waals surface area contributed by atoms with Crippen LogP contribution in [0.3, 0.4) is 0 Å². The molecule has 1 saturated carbocycles. The second-order valence-corrected chi connectivity index (χ2v) is 6.68. The summed E-state index contributed by atoms with van der Waals surface area (Å²) in [7, 11) is 0. The van der Waals surface area contributed by atoms with E-state index >= 15 is 0 Å². The Labute approximate surface area is 129 Å². The lowest BCUT2D eigenvalue weighted by Crippen LogP contribution is -1.86. The van der Waals surface area contributed by atoms with Crippen LogP contribution in [0, 0.1) is 12.8 Å². The van der Waals surface area contributed by atoms with Gasteiger partial charge in [-0.1, -0.05) is 116 Å². The van der Waals surface area contributed by atoms with E-state index in [-0.39, 0.29) is 0 Å². The van der Waals surface area contributed by atoms with Gasteiger partial charge in [-0.25, -0.2) is 0 Å². The topological polar surface area (TPSA) is 0 Å². The molecule has 1 fully saturated rings. The zero-order valence-electron chi connectivity index (χ0n) is 13.9. The molecule has 118 valence electrons. The third-order valence-corrected chi connectivity index (χ3v) is 4.63. The summed E-state index contributed by atoms with van der Waals surface area (Å²) in [6.07, 6.45) is 31.0. The highest BCUT2D eigenvalue weighted by atomic mass is 14.0. The Morgan fingerprint density at radius 2 is 0.450 bits per heavy atom. The van der Waals surface area contributed by atoms with Crippen LogP contribution in [0.2, 0.25) is 0 Å². The number of rotatable bonds is 0. The second-order valence-electron chi connectivity index (χ2n) is 6.68. The third-order valence-electron chi connectivity index (χ3n) is 4.63. The Balaban J connectivity index is 2.00. The van der Waals surface area contributed by atoms with Gasteiger partial charge in [0.15, 0.2) is 0 Å². The molecule has 0 heteroatoms. The normalized spacial score (nSPS) is 24.0. The van der Waals surface area contributed by atoms with E-state index in [1.807, 2.05) is 0 Å². The molecule has 2 radical (unpaired) electrons. The fraction of sp³-hybridized carbons (Fsp3) is 0.900. The van der Waals surface area contributed by atoms with E-state index in [4.69, 9.17) is 0 Å². The van der Waals surface area contributed by atoms with Crippen molar-refractivity contribution in [2.24, 2.45) is 0 Å². The maximum Gasteiger partial charge on any atom is -0.0386 e. The van der Waals surface area contributed by atoms with Crippen LogP contribution >= 0.6 is 0 Å². The number of hydrogen-bond acceptors (Lipinski definition) is 0. The first kappa shape index (κ1) is 18.1. The van der Waals surface area contributed by atoms with Gasteiger partial charge in [-0.15, -0.1) is 0 Å². The Hall–Kier alpha value is 0. The van der Waals surface area contributed by atoms with E-state index in [1.165, 1.54) is 116 Å².